The van der Waals surface area contributed by atoms with Crippen LogP contribution in [0.1, 0.15) is 33.1 Å². The maximum absolute atomic E-state index is 2.51. The molecule has 1 saturated heterocycles. The van der Waals surface area contributed by atoms with E-state index in [1.807, 2.05) is 0 Å². The SMILES string of the molecule is CCC1CCN(C)C1CC. The molecule has 1 heterocycles. The summed E-state index contributed by atoms with van der Waals surface area (Å²) in [5, 5.41) is 0. The van der Waals surface area contributed by atoms with E-state index in [9.17, 15) is 0 Å². The first-order valence-electron chi connectivity index (χ1n) is 4.49. The zero-order chi connectivity index (χ0) is 7.56. The second kappa shape index (κ2) is 3.38. The normalized spacial score (nSPS) is 35.1. The lowest BCUT2D eigenvalue weighted by molar-refractivity contribution is 0.261. The number of nitrogens with zero attached hydrogens (tertiary/aromatic N) is 1. The van der Waals surface area contributed by atoms with Gasteiger partial charge >= 0.3 is 0 Å². The quantitative estimate of drug-likeness (QED) is 0.569. The minimum atomic E-state index is 0.880. The van der Waals surface area contributed by atoms with Crippen LogP contribution in [0.2, 0.25) is 0 Å². The Morgan fingerprint density at radius 1 is 1.30 bits per heavy atom. The minimum absolute atomic E-state index is 0.880. The van der Waals surface area contributed by atoms with Crippen molar-refractivity contribution in [3.05, 3.63) is 0 Å². The molecule has 0 aromatic heterocycles. The molecule has 1 fully saturated rings. The molecule has 0 bridgehead atoms. The fraction of sp³-hybridized carbons (Fsp3) is 1.00. The summed E-state index contributed by atoms with van der Waals surface area (Å²) in [4.78, 5) is 2.51. The molecule has 0 spiro atoms. The van der Waals surface area contributed by atoms with Gasteiger partial charge in [-0.1, -0.05) is 20.3 Å². The van der Waals surface area contributed by atoms with Crippen molar-refractivity contribution < 1.29 is 0 Å². The van der Waals surface area contributed by atoms with Gasteiger partial charge in [0, 0.05) is 6.04 Å². The van der Waals surface area contributed by atoms with Crippen LogP contribution in [0, 0.1) is 5.92 Å². The lowest BCUT2D eigenvalue weighted by Crippen LogP contribution is -2.28. The molecule has 1 heteroatoms. The Kier molecular flexibility index (Phi) is 2.72. The summed E-state index contributed by atoms with van der Waals surface area (Å²) < 4.78 is 0. The summed E-state index contributed by atoms with van der Waals surface area (Å²) in [5.41, 5.74) is 0. The second-order valence-corrected chi connectivity index (χ2v) is 3.41. The summed E-state index contributed by atoms with van der Waals surface area (Å²) in [6, 6.07) is 0.880. The lowest BCUT2D eigenvalue weighted by Gasteiger charge is -2.22. The topological polar surface area (TPSA) is 3.24 Å². The highest BCUT2D eigenvalue weighted by atomic mass is 15.2. The van der Waals surface area contributed by atoms with Gasteiger partial charge < -0.3 is 4.90 Å². The highest BCUT2D eigenvalue weighted by Crippen LogP contribution is 2.27. The van der Waals surface area contributed by atoms with E-state index in [1.165, 1.54) is 25.8 Å². The molecule has 0 aromatic carbocycles. The highest BCUT2D eigenvalue weighted by Gasteiger charge is 2.28. The van der Waals surface area contributed by atoms with Gasteiger partial charge in [-0.2, -0.15) is 0 Å². The third-order valence-electron chi connectivity index (χ3n) is 2.91. The molecule has 1 rings (SSSR count). The van der Waals surface area contributed by atoms with E-state index in [-0.39, 0.29) is 0 Å². The Balaban J connectivity index is 2.45. The maximum Gasteiger partial charge on any atom is 0.0118 e. The zero-order valence-electron chi connectivity index (χ0n) is 7.43. The van der Waals surface area contributed by atoms with E-state index in [4.69, 9.17) is 0 Å². The van der Waals surface area contributed by atoms with Crippen molar-refractivity contribution in [2.45, 2.75) is 39.2 Å². The van der Waals surface area contributed by atoms with Gasteiger partial charge in [0.15, 0.2) is 0 Å². The fourth-order valence-electron chi connectivity index (χ4n) is 2.21. The second-order valence-electron chi connectivity index (χ2n) is 3.41. The van der Waals surface area contributed by atoms with E-state index in [0.717, 1.165) is 12.0 Å². The first-order chi connectivity index (χ1) is 4.79. The third-order valence-corrected chi connectivity index (χ3v) is 2.91. The van der Waals surface area contributed by atoms with Crippen molar-refractivity contribution >= 4 is 0 Å². The predicted octanol–water partition coefficient (Wildman–Crippen LogP) is 2.13. The van der Waals surface area contributed by atoms with Crippen LogP contribution in [-0.4, -0.2) is 24.5 Å². The number of rotatable bonds is 2. The molecule has 0 radical (unpaired) electrons. The van der Waals surface area contributed by atoms with Crippen molar-refractivity contribution in [3.63, 3.8) is 0 Å². The van der Waals surface area contributed by atoms with Crippen molar-refractivity contribution in [1.29, 1.82) is 0 Å². The van der Waals surface area contributed by atoms with E-state index in [0.29, 0.717) is 0 Å². The van der Waals surface area contributed by atoms with Crippen molar-refractivity contribution in [3.8, 4) is 0 Å². The molecule has 2 unspecified atom stereocenters. The number of likely N-dealkylation sites (tertiary alicyclic amines) is 1. The summed E-state index contributed by atoms with van der Waals surface area (Å²) in [7, 11) is 2.25. The van der Waals surface area contributed by atoms with Gasteiger partial charge in [-0.05, 0) is 32.4 Å². The monoisotopic (exact) mass is 141 g/mol. The van der Waals surface area contributed by atoms with Crippen LogP contribution in [-0.2, 0) is 0 Å². The van der Waals surface area contributed by atoms with Gasteiger partial charge in [0.25, 0.3) is 0 Å². The van der Waals surface area contributed by atoms with Crippen LogP contribution in [0.15, 0.2) is 0 Å². The van der Waals surface area contributed by atoms with Crippen molar-refractivity contribution in [2.24, 2.45) is 5.92 Å². The molecule has 0 N–H and O–H groups in total. The first-order valence-corrected chi connectivity index (χ1v) is 4.49. The molecule has 0 saturated carbocycles. The molecule has 1 nitrogen and oxygen atoms in total. The van der Waals surface area contributed by atoms with Crippen LogP contribution < -0.4 is 0 Å². The van der Waals surface area contributed by atoms with Crippen LogP contribution in [0.3, 0.4) is 0 Å². The fourth-order valence-corrected chi connectivity index (χ4v) is 2.21. The molecular weight excluding hydrogens is 122 g/mol. The molecule has 60 valence electrons. The number of hydrogen-bond donors (Lipinski definition) is 0. The minimum Gasteiger partial charge on any atom is -0.303 e. The van der Waals surface area contributed by atoms with Gasteiger partial charge in [0.1, 0.15) is 0 Å². The molecule has 0 aliphatic carbocycles. The van der Waals surface area contributed by atoms with Crippen molar-refractivity contribution in [1.82, 2.24) is 4.90 Å². The highest BCUT2D eigenvalue weighted by molar-refractivity contribution is 4.82. The molecule has 1 aliphatic heterocycles. The average Bonchev–Trinajstić information content (AvgIpc) is 2.30. The van der Waals surface area contributed by atoms with Crippen LogP contribution in [0.5, 0.6) is 0 Å². The average molecular weight is 141 g/mol. The molecule has 2 atom stereocenters. The van der Waals surface area contributed by atoms with Gasteiger partial charge in [-0.25, -0.2) is 0 Å². The molecule has 1 aliphatic rings. The van der Waals surface area contributed by atoms with Gasteiger partial charge in [-0.15, -0.1) is 0 Å². The summed E-state index contributed by atoms with van der Waals surface area (Å²) in [5.74, 6) is 0.981. The van der Waals surface area contributed by atoms with Crippen LogP contribution in [0.25, 0.3) is 0 Å². The lowest BCUT2D eigenvalue weighted by atomic mass is 9.96. The summed E-state index contributed by atoms with van der Waals surface area (Å²) in [6.45, 7) is 5.93. The molecule has 0 amide bonds. The van der Waals surface area contributed by atoms with Crippen molar-refractivity contribution in [2.75, 3.05) is 13.6 Å². The molecule has 10 heavy (non-hydrogen) atoms. The predicted molar refractivity (Wildman–Crippen MR) is 45.1 cm³/mol. The van der Waals surface area contributed by atoms with Gasteiger partial charge in [0.05, 0.1) is 0 Å². The Hall–Kier alpha value is -0.0400. The maximum atomic E-state index is 2.51. The summed E-state index contributed by atoms with van der Waals surface area (Å²) in [6.07, 6.45) is 4.11. The Labute approximate surface area is 64.4 Å². The van der Waals surface area contributed by atoms with E-state index >= 15 is 0 Å². The summed E-state index contributed by atoms with van der Waals surface area (Å²) >= 11 is 0. The Morgan fingerprint density at radius 3 is 2.40 bits per heavy atom. The molecule has 0 aromatic rings. The van der Waals surface area contributed by atoms with E-state index in [2.05, 4.69) is 25.8 Å². The first kappa shape index (κ1) is 8.06. The smallest absolute Gasteiger partial charge is 0.0118 e. The Bertz CT molecular complexity index is 101. The van der Waals surface area contributed by atoms with Gasteiger partial charge in [-0.3, -0.25) is 0 Å². The molecular formula is C9H19N. The third kappa shape index (κ3) is 1.34. The van der Waals surface area contributed by atoms with Crippen LogP contribution >= 0.6 is 0 Å². The largest absolute Gasteiger partial charge is 0.303 e. The van der Waals surface area contributed by atoms with E-state index < -0.39 is 0 Å². The zero-order valence-corrected chi connectivity index (χ0v) is 7.43. The Morgan fingerprint density at radius 2 is 2.00 bits per heavy atom. The van der Waals surface area contributed by atoms with E-state index in [1.54, 1.807) is 0 Å². The van der Waals surface area contributed by atoms with Crippen LogP contribution in [0.4, 0.5) is 0 Å². The standard InChI is InChI=1S/C9H19N/c1-4-8-6-7-10(3)9(8)5-2/h8-9H,4-7H2,1-3H3. The van der Waals surface area contributed by atoms with Gasteiger partial charge in [0.2, 0.25) is 0 Å². The number of hydrogen-bond acceptors (Lipinski definition) is 1.